The Kier molecular flexibility index (Phi) is 3.69. The quantitative estimate of drug-likeness (QED) is 0.518. The van der Waals surface area contributed by atoms with Crippen molar-refractivity contribution in [3.05, 3.63) is 6.42 Å². The zero-order valence-corrected chi connectivity index (χ0v) is 8.80. The molecule has 2 saturated carbocycles. The highest BCUT2D eigenvalue weighted by molar-refractivity contribution is 4.86. The average Bonchev–Trinajstić information content (AvgIpc) is 2.30. The molecule has 0 aliphatic heterocycles. The summed E-state index contributed by atoms with van der Waals surface area (Å²) >= 11 is 0. The third kappa shape index (κ3) is 2.72. The van der Waals surface area contributed by atoms with Crippen LogP contribution in [-0.2, 0) is 0 Å². The third-order valence-electron chi connectivity index (χ3n) is 3.97. The average molecular weight is 179 g/mol. The van der Waals surface area contributed by atoms with E-state index in [1.165, 1.54) is 64.2 Å². The summed E-state index contributed by atoms with van der Waals surface area (Å²) in [5.74, 6) is 2.07. The molecule has 0 N–H and O–H groups in total. The van der Waals surface area contributed by atoms with Gasteiger partial charge in [0.25, 0.3) is 0 Å². The molecule has 0 aromatic heterocycles. The van der Waals surface area contributed by atoms with Crippen LogP contribution in [0.4, 0.5) is 0 Å². The Labute approximate surface area is 83.1 Å². The standard InChI is InChI=1S/C13H23/c1-2-5-9-13-11-7-3-6-10-12(13)8-4-1/h10,12-13H,1-9,11H2. The molecule has 0 aromatic carbocycles. The maximum Gasteiger partial charge on any atom is -0.0352 e. The van der Waals surface area contributed by atoms with Crippen molar-refractivity contribution in [3.8, 4) is 0 Å². The van der Waals surface area contributed by atoms with Crippen LogP contribution in [-0.4, -0.2) is 0 Å². The fraction of sp³-hybridized carbons (Fsp3) is 0.923. The van der Waals surface area contributed by atoms with Gasteiger partial charge in [-0.05, 0) is 31.1 Å². The highest BCUT2D eigenvalue weighted by Gasteiger charge is 2.24. The van der Waals surface area contributed by atoms with E-state index in [4.69, 9.17) is 0 Å². The van der Waals surface area contributed by atoms with Crippen molar-refractivity contribution >= 4 is 0 Å². The van der Waals surface area contributed by atoms with Gasteiger partial charge in [0.15, 0.2) is 0 Å². The minimum atomic E-state index is 1.00. The van der Waals surface area contributed by atoms with Gasteiger partial charge in [0.2, 0.25) is 0 Å². The number of hydrogen-bond donors (Lipinski definition) is 0. The molecule has 2 rings (SSSR count). The fourth-order valence-corrected chi connectivity index (χ4v) is 3.14. The largest absolute Gasteiger partial charge is 0.0533 e. The lowest BCUT2D eigenvalue weighted by molar-refractivity contribution is 0.283. The van der Waals surface area contributed by atoms with Crippen molar-refractivity contribution in [1.82, 2.24) is 0 Å². The Morgan fingerprint density at radius 3 is 2.23 bits per heavy atom. The van der Waals surface area contributed by atoms with E-state index in [1.807, 2.05) is 0 Å². The highest BCUT2D eigenvalue weighted by atomic mass is 14.3. The Hall–Kier alpha value is 0. The molecule has 1 radical (unpaired) electrons. The van der Waals surface area contributed by atoms with Crippen LogP contribution in [0.15, 0.2) is 0 Å². The number of rotatable bonds is 0. The van der Waals surface area contributed by atoms with Crippen LogP contribution in [0.3, 0.4) is 0 Å². The maximum absolute atomic E-state index is 2.66. The molecule has 0 bridgehead atoms. The molecule has 0 nitrogen and oxygen atoms in total. The molecule has 13 heavy (non-hydrogen) atoms. The molecule has 2 fully saturated rings. The van der Waals surface area contributed by atoms with Gasteiger partial charge in [0.1, 0.15) is 0 Å². The second-order valence-electron chi connectivity index (χ2n) is 4.94. The fourth-order valence-electron chi connectivity index (χ4n) is 3.14. The summed E-state index contributed by atoms with van der Waals surface area (Å²) in [4.78, 5) is 0. The van der Waals surface area contributed by atoms with Crippen LogP contribution in [0.2, 0.25) is 0 Å². The third-order valence-corrected chi connectivity index (χ3v) is 3.97. The van der Waals surface area contributed by atoms with Crippen LogP contribution in [0, 0.1) is 18.3 Å². The normalized spacial score (nSPS) is 36.9. The topological polar surface area (TPSA) is 0 Å². The second kappa shape index (κ2) is 5.02. The number of hydrogen-bond acceptors (Lipinski definition) is 0. The minimum Gasteiger partial charge on any atom is -0.0533 e. The molecule has 0 saturated heterocycles. The molecule has 0 heteroatoms. The SMILES string of the molecule is [CH]1CCCCC2CCCCCCC12. The van der Waals surface area contributed by atoms with Crippen LogP contribution in [0.1, 0.15) is 64.2 Å². The molecular weight excluding hydrogens is 156 g/mol. The first-order valence-corrected chi connectivity index (χ1v) is 6.30. The molecule has 2 aliphatic carbocycles. The Morgan fingerprint density at radius 2 is 1.38 bits per heavy atom. The van der Waals surface area contributed by atoms with Gasteiger partial charge in [-0.2, -0.15) is 0 Å². The van der Waals surface area contributed by atoms with Gasteiger partial charge >= 0.3 is 0 Å². The summed E-state index contributed by atoms with van der Waals surface area (Å²) in [5, 5.41) is 0. The van der Waals surface area contributed by atoms with Gasteiger partial charge in [0.05, 0.1) is 0 Å². The summed E-state index contributed by atoms with van der Waals surface area (Å²) in [7, 11) is 0. The molecule has 75 valence electrons. The van der Waals surface area contributed by atoms with Crippen molar-refractivity contribution in [2.75, 3.05) is 0 Å². The number of fused-ring (bicyclic) bond motifs is 1. The first kappa shape index (κ1) is 9.55. The van der Waals surface area contributed by atoms with Gasteiger partial charge < -0.3 is 0 Å². The van der Waals surface area contributed by atoms with Crippen molar-refractivity contribution in [1.29, 1.82) is 0 Å². The molecule has 0 spiro atoms. The molecule has 0 aromatic rings. The minimum absolute atomic E-state index is 1.00. The van der Waals surface area contributed by atoms with E-state index in [9.17, 15) is 0 Å². The highest BCUT2D eigenvalue weighted by Crippen LogP contribution is 2.36. The van der Waals surface area contributed by atoms with Gasteiger partial charge in [-0.15, -0.1) is 0 Å². The van der Waals surface area contributed by atoms with Crippen molar-refractivity contribution in [2.24, 2.45) is 11.8 Å². The van der Waals surface area contributed by atoms with Gasteiger partial charge in [-0.1, -0.05) is 51.4 Å². The summed E-state index contributed by atoms with van der Waals surface area (Å²) in [5.41, 5.74) is 0. The predicted octanol–water partition coefficient (Wildman–Crippen LogP) is 4.35. The van der Waals surface area contributed by atoms with E-state index in [1.54, 1.807) is 0 Å². The van der Waals surface area contributed by atoms with Crippen LogP contribution < -0.4 is 0 Å². The molecule has 2 atom stereocenters. The van der Waals surface area contributed by atoms with E-state index in [2.05, 4.69) is 6.42 Å². The first-order valence-electron chi connectivity index (χ1n) is 6.30. The summed E-state index contributed by atoms with van der Waals surface area (Å²) in [6, 6.07) is 0. The molecule has 2 unspecified atom stereocenters. The van der Waals surface area contributed by atoms with Crippen LogP contribution in [0.25, 0.3) is 0 Å². The Morgan fingerprint density at radius 1 is 0.692 bits per heavy atom. The van der Waals surface area contributed by atoms with Crippen molar-refractivity contribution in [3.63, 3.8) is 0 Å². The Bertz CT molecular complexity index is 123. The summed E-state index contributed by atoms with van der Waals surface area (Å²) < 4.78 is 0. The molecule has 0 heterocycles. The first-order chi connectivity index (χ1) is 6.47. The van der Waals surface area contributed by atoms with Crippen LogP contribution >= 0.6 is 0 Å². The summed E-state index contributed by atoms with van der Waals surface area (Å²) in [6.07, 6.45) is 17.6. The zero-order valence-electron chi connectivity index (χ0n) is 8.80. The van der Waals surface area contributed by atoms with E-state index >= 15 is 0 Å². The lowest BCUT2D eigenvalue weighted by Gasteiger charge is -2.27. The molecular formula is C13H23. The van der Waals surface area contributed by atoms with E-state index in [0.717, 1.165) is 11.8 Å². The van der Waals surface area contributed by atoms with Gasteiger partial charge in [0, 0.05) is 0 Å². The predicted molar refractivity (Wildman–Crippen MR) is 57.5 cm³/mol. The Balaban J connectivity index is 1.91. The van der Waals surface area contributed by atoms with E-state index < -0.39 is 0 Å². The smallest absolute Gasteiger partial charge is 0.0352 e. The lowest BCUT2D eigenvalue weighted by Crippen LogP contribution is -2.15. The van der Waals surface area contributed by atoms with Gasteiger partial charge in [-0.3, -0.25) is 0 Å². The molecule has 0 amide bonds. The summed E-state index contributed by atoms with van der Waals surface area (Å²) in [6.45, 7) is 0. The maximum atomic E-state index is 2.66. The molecule has 2 aliphatic rings. The van der Waals surface area contributed by atoms with Crippen molar-refractivity contribution < 1.29 is 0 Å². The van der Waals surface area contributed by atoms with Crippen LogP contribution in [0.5, 0.6) is 0 Å². The zero-order chi connectivity index (χ0) is 8.93. The van der Waals surface area contributed by atoms with Crippen molar-refractivity contribution in [2.45, 2.75) is 64.2 Å². The van der Waals surface area contributed by atoms with E-state index in [0.29, 0.717) is 0 Å². The van der Waals surface area contributed by atoms with Gasteiger partial charge in [-0.25, -0.2) is 0 Å². The monoisotopic (exact) mass is 179 g/mol. The second-order valence-corrected chi connectivity index (χ2v) is 4.94. The lowest BCUT2D eigenvalue weighted by atomic mass is 9.79. The van der Waals surface area contributed by atoms with E-state index in [-0.39, 0.29) is 0 Å².